The van der Waals surface area contributed by atoms with E-state index in [-0.39, 0.29) is 5.54 Å². The van der Waals surface area contributed by atoms with Gasteiger partial charge in [-0.15, -0.1) is 0 Å². The van der Waals surface area contributed by atoms with Gasteiger partial charge in [0.15, 0.2) is 0 Å². The van der Waals surface area contributed by atoms with Crippen molar-refractivity contribution in [2.24, 2.45) is 5.92 Å². The topological polar surface area (TPSA) is 53.5 Å². The van der Waals surface area contributed by atoms with Crippen LogP contribution >= 0.6 is 0 Å². The molecule has 0 radical (unpaired) electrons. The summed E-state index contributed by atoms with van der Waals surface area (Å²) in [5.41, 5.74) is 0.142. The van der Waals surface area contributed by atoms with Gasteiger partial charge in [-0.05, 0) is 45.7 Å². The van der Waals surface area contributed by atoms with Gasteiger partial charge < -0.3 is 19.9 Å². The van der Waals surface area contributed by atoms with Crippen LogP contribution in [0.15, 0.2) is 12.4 Å². The van der Waals surface area contributed by atoms with E-state index in [2.05, 4.69) is 52.2 Å². The van der Waals surface area contributed by atoms with Crippen molar-refractivity contribution in [2.75, 3.05) is 57.2 Å². The summed E-state index contributed by atoms with van der Waals surface area (Å²) in [5, 5.41) is 3.55. The van der Waals surface area contributed by atoms with Crippen LogP contribution in [-0.2, 0) is 4.74 Å². The van der Waals surface area contributed by atoms with Crippen LogP contribution in [0.3, 0.4) is 0 Å². The molecule has 24 heavy (non-hydrogen) atoms. The first-order valence-corrected chi connectivity index (χ1v) is 9.15. The Balaban J connectivity index is 1.65. The summed E-state index contributed by atoms with van der Waals surface area (Å²) < 4.78 is 5.55. The Kier molecular flexibility index (Phi) is 5.56. The lowest BCUT2D eigenvalue weighted by Crippen LogP contribution is -2.53. The minimum Gasteiger partial charge on any atom is -0.381 e. The van der Waals surface area contributed by atoms with Crippen LogP contribution in [0, 0.1) is 5.92 Å². The molecule has 0 aromatic carbocycles. The van der Waals surface area contributed by atoms with Gasteiger partial charge in [0.25, 0.3) is 0 Å². The van der Waals surface area contributed by atoms with Crippen molar-refractivity contribution < 1.29 is 4.74 Å². The first-order chi connectivity index (χ1) is 11.6. The van der Waals surface area contributed by atoms with Crippen molar-refractivity contribution in [2.45, 2.75) is 38.1 Å². The lowest BCUT2D eigenvalue weighted by molar-refractivity contribution is -0.000665. The highest BCUT2D eigenvalue weighted by Crippen LogP contribution is 2.27. The third-order valence-electron chi connectivity index (χ3n) is 5.60. The van der Waals surface area contributed by atoms with Gasteiger partial charge in [-0.1, -0.05) is 6.92 Å². The molecule has 3 rings (SSSR count). The summed E-state index contributed by atoms with van der Waals surface area (Å²) in [6.07, 6.45) is 6.35. The molecule has 6 nitrogen and oxygen atoms in total. The molecule has 2 aliphatic rings. The smallest absolute Gasteiger partial charge is 0.134 e. The second-order valence-corrected chi connectivity index (χ2v) is 7.54. The molecule has 0 amide bonds. The maximum absolute atomic E-state index is 5.55. The number of piperidine rings is 1. The summed E-state index contributed by atoms with van der Waals surface area (Å²) in [5.74, 6) is 2.71. The number of anilines is 2. The summed E-state index contributed by atoms with van der Waals surface area (Å²) in [4.78, 5) is 13.6. The molecule has 0 bridgehead atoms. The highest BCUT2D eigenvalue weighted by Gasteiger charge is 2.34. The number of nitrogens with zero attached hydrogens (tertiary/aromatic N) is 4. The van der Waals surface area contributed by atoms with Gasteiger partial charge in [0, 0.05) is 44.5 Å². The van der Waals surface area contributed by atoms with E-state index in [1.54, 1.807) is 6.33 Å². The van der Waals surface area contributed by atoms with E-state index in [9.17, 15) is 0 Å². The first kappa shape index (κ1) is 17.4. The van der Waals surface area contributed by atoms with Crippen molar-refractivity contribution in [3.05, 3.63) is 12.4 Å². The predicted molar refractivity (Wildman–Crippen MR) is 97.6 cm³/mol. The molecule has 134 valence electrons. The standard InChI is InChI=1S/C18H31N5O/c1-15-5-4-8-23(12-15)17-11-16(20-14-21-17)19-13-18(22(2)3)6-9-24-10-7-18/h11,14-15H,4-10,12-13H2,1-3H3,(H,19,20,21). The number of ether oxygens (including phenoxy) is 1. The minimum atomic E-state index is 0.142. The predicted octanol–water partition coefficient (Wildman–Crippen LogP) is 2.24. The quantitative estimate of drug-likeness (QED) is 0.892. The van der Waals surface area contributed by atoms with Crippen LogP contribution in [-0.4, -0.2) is 67.4 Å². The highest BCUT2D eigenvalue weighted by atomic mass is 16.5. The van der Waals surface area contributed by atoms with Gasteiger partial charge >= 0.3 is 0 Å². The maximum atomic E-state index is 5.55. The van der Waals surface area contributed by atoms with Crippen LogP contribution in [0.1, 0.15) is 32.6 Å². The average molecular weight is 333 g/mol. The lowest BCUT2D eigenvalue weighted by Gasteiger charge is -2.43. The molecule has 0 saturated carbocycles. The number of nitrogens with one attached hydrogen (secondary N) is 1. The van der Waals surface area contributed by atoms with Gasteiger partial charge in [0.2, 0.25) is 0 Å². The van der Waals surface area contributed by atoms with Crippen LogP contribution in [0.5, 0.6) is 0 Å². The van der Waals surface area contributed by atoms with Gasteiger partial charge in [0.05, 0.1) is 0 Å². The number of hydrogen-bond acceptors (Lipinski definition) is 6. The molecule has 0 spiro atoms. The van der Waals surface area contributed by atoms with Crippen LogP contribution in [0.25, 0.3) is 0 Å². The summed E-state index contributed by atoms with van der Waals surface area (Å²) in [7, 11) is 4.32. The Morgan fingerprint density at radius 3 is 2.83 bits per heavy atom. The number of hydrogen-bond donors (Lipinski definition) is 1. The number of rotatable bonds is 5. The van der Waals surface area contributed by atoms with E-state index in [0.717, 1.165) is 63.2 Å². The molecular formula is C18H31N5O. The zero-order chi connectivity index (χ0) is 17.0. The third-order valence-corrected chi connectivity index (χ3v) is 5.60. The van der Waals surface area contributed by atoms with Crippen molar-refractivity contribution in [3.8, 4) is 0 Å². The van der Waals surface area contributed by atoms with Crippen molar-refractivity contribution in [1.29, 1.82) is 0 Å². The number of likely N-dealkylation sites (N-methyl/N-ethyl adjacent to an activating group) is 1. The molecule has 1 aromatic rings. The second kappa shape index (κ2) is 7.66. The van der Waals surface area contributed by atoms with Gasteiger partial charge in [0.1, 0.15) is 18.0 Å². The normalized spacial score (nSPS) is 24.2. The molecule has 1 unspecified atom stereocenters. The largest absolute Gasteiger partial charge is 0.381 e. The maximum Gasteiger partial charge on any atom is 0.134 e. The highest BCUT2D eigenvalue weighted by molar-refractivity contribution is 5.49. The zero-order valence-electron chi connectivity index (χ0n) is 15.3. The Morgan fingerprint density at radius 2 is 2.12 bits per heavy atom. The Bertz CT molecular complexity index is 530. The van der Waals surface area contributed by atoms with Crippen LogP contribution in [0.4, 0.5) is 11.6 Å². The molecule has 1 N–H and O–H groups in total. The van der Waals surface area contributed by atoms with Gasteiger partial charge in [-0.2, -0.15) is 0 Å². The van der Waals surface area contributed by atoms with E-state index >= 15 is 0 Å². The van der Waals surface area contributed by atoms with Gasteiger partial charge in [-0.3, -0.25) is 0 Å². The molecular weight excluding hydrogens is 302 g/mol. The van der Waals surface area contributed by atoms with E-state index in [1.807, 2.05) is 0 Å². The minimum absolute atomic E-state index is 0.142. The van der Waals surface area contributed by atoms with Crippen LogP contribution < -0.4 is 10.2 Å². The fourth-order valence-corrected chi connectivity index (χ4v) is 3.80. The van der Waals surface area contributed by atoms with Crippen molar-refractivity contribution >= 4 is 11.6 Å². The monoisotopic (exact) mass is 333 g/mol. The van der Waals surface area contributed by atoms with E-state index in [4.69, 9.17) is 4.74 Å². The summed E-state index contributed by atoms with van der Waals surface area (Å²) in [6.45, 7) is 7.06. The van der Waals surface area contributed by atoms with Crippen molar-refractivity contribution in [3.63, 3.8) is 0 Å². The SMILES string of the molecule is CC1CCCN(c2cc(NCC3(N(C)C)CCOCC3)ncn2)C1. The third kappa shape index (κ3) is 3.98. The molecule has 2 saturated heterocycles. The molecule has 2 fully saturated rings. The first-order valence-electron chi connectivity index (χ1n) is 9.15. The molecule has 0 aliphatic carbocycles. The Labute approximate surface area is 145 Å². The van der Waals surface area contributed by atoms with E-state index < -0.39 is 0 Å². The van der Waals surface area contributed by atoms with Crippen molar-refractivity contribution in [1.82, 2.24) is 14.9 Å². The molecule has 6 heteroatoms. The van der Waals surface area contributed by atoms with E-state index in [0.29, 0.717) is 0 Å². The fourth-order valence-electron chi connectivity index (χ4n) is 3.80. The lowest BCUT2D eigenvalue weighted by atomic mass is 9.88. The molecule has 1 atom stereocenters. The summed E-state index contributed by atoms with van der Waals surface area (Å²) >= 11 is 0. The molecule has 2 aliphatic heterocycles. The van der Waals surface area contributed by atoms with E-state index in [1.165, 1.54) is 12.8 Å². The average Bonchev–Trinajstić information content (AvgIpc) is 2.61. The zero-order valence-corrected chi connectivity index (χ0v) is 15.3. The summed E-state index contributed by atoms with van der Waals surface area (Å²) in [6, 6.07) is 2.10. The van der Waals surface area contributed by atoms with Crippen LogP contribution in [0.2, 0.25) is 0 Å². The number of aromatic nitrogens is 2. The van der Waals surface area contributed by atoms with Gasteiger partial charge in [-0.25, -0.2) is 9.97 Å². The Hall–Kier alpha value is -1.40. The Morgan fingerprint density at radius 1 is 1.33 bits per heavy atom. The fraction of sp³-hybridized carbons (Fsp3) is 0.778. The molecule has 3 heterocycles. The molecule has 1 aromatic heterocycles. The second-order valence-electron chi connectivity index (χ2n) is 7.54.